The van der Waals surface area contributed by atoms with Gasteiger partial charge in [0, 0.05) is 11.9 Å². The summed E-state index contributed by atoms with van der Waals surface area (Å²) in [6.07, 6.45) is 3.40. The van der Waals surface area contributed by atoms with Gasteiger partial charge in [-0.25, -0.2) is 9.98 Å². The number of aliphatic imine (C=N–C) groups is 1. The fourth-order valence-electron chi connectivity index (χ4n) is 1.30. The third kappa shape index (κ3) is 2.92. The zero-order chi connectivity index (χ0) is 11.2. The molecular weight excluding hydrogens is 198 g/mol. The molecule has 0 aliphatic rings. The Labute approximate surface area is 94.9 Å². The van der Waals surface area contributed by atoms with Gasteiger partial charge < -0.3 is 5.32 Å². The minimum absolute atomic E-state index is 0.712. The van der Waals surface area contributed by atoms with Crippen LogP contribution in [0.1, 0.15) is 5.56 Å². The lowest BCUT2D eigenvalue weighted by Crippen LogP contribution is -1.93. The number of para-hydroxylation sites is 1. The number of nitrogens with one attached hydrogen (secondary N) is 1. The Morgan fingerprint density at radius 2 is 2.00 bits per heavy atom. The Hall–Kier alpha value is -2.16. The van der Waals surface area contributed by atoms with Crippen LogP contribution in [0.15, 0.2) is 53.7 Å². The number of rotatable bonds is 3. The third-order valence-corrected chi connectivity index (χ3v) is 2.10. The summed E-state index contributed by atoms with van der Waals surface area (Å²) in [5, 5.41) is 3.08. The van der Waals surface area contributed by atoms with Crippen LogP contribution in [0.5, 0.6) is 0 Å². The molecule has 3 nitrogen and oxygen atoms in total. The van der Waals surface area contributed by atoms with E-state index in [9.17, 15) is 0 Å². The van der Waals surface area contributed by atoms with E-state index in [0.29, 0.717) is 5.82 Å². The average Bonchev–Trinajstić information content (AvgIpc) is 2.30. The van der Waals surface area contributed by atoms with E-state index in [0.717, 1.165) is 11.3 Å². The van der Waals surface area contributed by atoms with E-state index < -0.39 is 0 Å². The first-order valence-electron chi connectivity index (χ1n) is 5.11. The maximum atomic E-state index is 4.22. The summed E-state index contributed by atoms with van der Waals surface area (Å²) in [5.41, 5.74) is 2.17. The highest BCUT2D eigenvalue weighted by Crippen LogP contribution is 2.09. The molecule has 0 radical (unpaired) electrons. The van der Waals surface area contributed by atoms with Crippen molar-refractivity contribution in [2.45, 2.75) is 6.92 Å². The van der Waals surface area contributed by atoms with Crippen molar-refractivity contribution in [2.24, 2.45) is 4.99 Å². The number of anilines is 1. The molecule has 1 aromatic heterocycles. The van der Waals surface area contributed by atoms with E-state index in [1.165, 1.54) is 0 Å². The zero-order valence-electron chi connectivity index (χ0n) is 9.09. The van der Waals surface area contributed by atoms with Crippen molar-refractivity contribution in [2.75, 3.05) is 5.32 Å². The Balaban J connectivity index is 2.00. The zero-order valence-corrected chi connectivity index (χ0v) is 9.09. The van der Waals surface area contributed by atoms with Gasteiger partial charge in [-0.2, -0.15) is 0 Å². The molecule has 80 valence electrons. The highest BCUT2D eigenvalue weighted by molar-refractivity contribution is 5.77. The minimum atomic E-state index is 0.712. The van der Waals surface area contributed by atoms with E-state index in [1.54, 1.807) is 12.5 Å². The third-order valence-electron chi connectivity index (χ3n) is 2.10. The van der Waals surface area contributed by atoms with Gasteiger partial charge in [0.25, 0.3) is 0 Å². The Kier molecular flexibility index (Phi) is 3.28. The van der Waals surface area contributed by atoms with Crippen molar-refractivity contribution in [3.8, 4) is 0 Å². The maximum absolute atomic E-state index is 4.22. The van der Waals surface area contributed by atoms with Gasteiger partial charge in [-0.05, 0) is 36.8 Å². The molecule has 0 spiro atoms. The number of aryl methyl sites for hydroxylation is 1. The fraction of sp³-hybridized carbons (Fsp3) is 0.0769. The van der Waals surface area contributed by atoms with Crippen LogP contribution in [-0.2, 0) is 0 Å². The van der Waals surface area contributed by atoms with Crippen LogP contribution in [0.2, 0.25) is 0 Å². The molecule has 0 saturated heterocycles. The summed E-state index contributed by atoms with van der Waals surface area (Å²) in [4.78, 5) is 8.35. The summed E-state index contributed by atoms with van der Waals surface area (Å²) in [7, 11) is 0. The van der Waals surface area contributed by atoms with Crippen LogP contribution < -0.4 is 5.32 Å². The fourth-order valence-corrected chi connectivity index (χ4v) is 1.30. The topological polar surface area (TPSA) is 37.3 Å². The van der Waals surface area contributed by atoms with Crippen LogP contribution in [0.4, 0.5) is 11.5 Å². The molecule has 2 aromatic rings. The highest BCUT2D eigenvalue weighted by atomic mass is 15.0. The van der Waals surface area contributed by atoms with Crippen molar-refractivity contribution >= 4 is 17.8 Å². The molecule has 16 heavy (non-hydrogen) atoms. The molecule has 2 rings (SSSR count). The molecule has 0 aliphatic carbocycles. The lowest BCUT2D eigenvalue weighted by Gasteiger charge is -1.98. The van der Waals surface area contributed by atoms with Gasteiger partial charge in [0.1, 0.15) is 0 Å². The van der Waals surface area contributed by atoms with Gasteiger partial charge >= 0.3 is 0 Å². The predicted molar refractivity (Wildman–Crippen MR) is 67.2 cm³/mol. The molecule has 1 aromatic carbocycles. The lowest BCUT2D eigenvalue weighted by molar-refractivity contribution is 1.25. The number of hydrogen-bond acceptors (Lipinski definition) is 2. The average molecular weight is 211 g/mol. The van der Waals surface area contributed by atoms with Crippen LogP contribution in [0, 0.1) is 6.92 Å². The van der Waals surface area contributed by atoms with E-state index in [4.69, 9.17) is 0 Å². The Morgan fingerprint density at radius 3 is 2.75 bits per heavy atom. The van der Waals surface area contributed by atoms with Crippen molar-refractivity contribution in [3.05, 3.63) is 54.2 Å². The van der Waals surface area contributed by atoms with Gasteiger partial charge in [-0.15, -0.1) is 0 Å². The first-order chi connectivity index (χ1) is 7.84. The maximum Gasteiger partial charge on any atom is 0.153 e. The number of pyridine rings is 1. The summed E-state index contributed by atoms with van der Waals surface area (Å²) >= 11 is 0. The van der Waals surface area contributed by atoms with E-state index in [-0.39, 0.29) is 0 Å². The van der Waals surface area contributed by atoms with E-state index in [1.807, 2.05) is 49.4 Å². The monoisotopic (exact) mass is 211 g/mol. The molecule has 0 atom stereocenters. The first kappa shape index (κ1) is 10.4. The molecule has 0 amide bonds. The highest BCUT2D eigenvalue weighted by Gasteiger charge is 1.89. The van der Waals surface area contributed by atoms with Gasteiger partial charge in [0.2, 0.25) is 0 Å². The number of benzene rings is 1. The second kappa shape index (κ2) is 5.07. The number of hydrogen-bond donors (Lipinski definition) is 1. The van der Waals surface area contributed by atoms with Gasteiger partial charge in [0.05, 0.1) is 6.34 Å². The van der Waals surface area contributed by atoms with Crippen LogP contribution in [-0.4, -0.2) is 11.3 Å². The SMILES string of the molecule is Cc1ccnc(N=CNc2ccccc2)c1. The Morgan fingerprint density at radius 1 is 1.19 bits per heavy atom. The van der Waals surface area contributed by atoms with Gasteiger partial charge in [-0.1, -0.05) is 18.2 Å². The van der Waals surface area contributed by atoms with Crippen molar-refractivity contribution in [1.82, 2.24) is 4.98 Å². The van der Waals surface area contributed by atoms with Crippen LogP contribution in [0.3, 0.4) is 0 Å². The quantitative estimate of drug-likeness (QED) is 0.625. The molecule has 0 bridgehead atoms. The van der Waals surface area contributed by atoms with Crippen molar-refractivity contribution < 1.29 is 0 Å². The first-order valence-corrected chi connectivity index (χ1v) is 5.11. The van der Waals surface area contributed by atoms with Crippen LogP contribution in [0.25, 0.3) is 0 Å². The second-order valence-corrected chi connectivity index (χ2v) is 3.46. The van der Waals surface area contributed by atoms with Crippen LogP contribution >= 0.6 is 0 Å². The minimum Gasteiger partial charge on any atom is -0.346 e. The normalized spacial score (nSPS) is 10.6. The molecular formula is C13H13N3. The molecule has 0 aliphatic heterocycles. The smallest absolute Gasteiger partial charge is 0.153 e. The Bertz CT molecular complexity index is 478. The number of aromatic nitrogens is 1. The van der Waals surface area contributed by atoms with Crippen molar-refractivity contribution in [1.29, 1.82) is 0 Å². The van der Waals surface area contributed by atoms with Gasteiger partial charge in [-0.3, -0.25) is 0 Å². The molecule has 3 heteroatoms. The largest absolute Gasteiger partial charge is 0.346 e. The summed E-state index contributed by atoms with van der Waals surface area (Å²) in [5.74, 6) is 0.712. The molecule has 1 heterocycles. The predicted octanol–water partition coefficient (Wildman–Crippen LogP) is 3.16. The standard InChI is InChI=1S/C13H13N3/c1-11-7-8-14-13(9-11)16-10-15-12-5-3-2-4-6-12/h2-10H,1H3,(H,14,15,16). The summed E-state index contributed by atoms with van der Waals surface area (Å²) in [6, 6.07) is 13.8. The van der Waals surface area contributed by atoms with E-state index >= 15 is 0 Å². The molecule has 0 saturated carbocycles. The summed E-state index contributed by atoms with van der Waals surface area (Å²) in [6.45, 7) is 2.02. The summed E-state index contributed by atoms with van der Waals surface area (Å²) < 4.78 is 0. The number of nitrogens with zero attached hydrogens (tertiary/aromatic N) is 2. The molecule has 1 N–H and O–H groups in total. The second-order valence-electron chi connectivity index (χ2n) is 3.46. The van der Waals surface area contributed by atoms with Crippen molar-refractivity contribution in [3.63, 3.8) is 0 Å². The lowest BCUT2D eigenvalue weighted by atomic mass is 10.3. The molecule has 0 unspecified atom stereocenters. The van der Waals surface area contributed by atoms with E-state index in [2.05, 4.69) is 15.3 Å². The van der Waals surface area contributed by atoms with Gasteiger partial charge in [0.15, 0.2) is 5.82 Å². The molecule has 0 fully saturated rings.